The van der Waals surface area contributed by atoms with Crippen LogP contribution in [0, 0.1) is 11.3 Å². The summed E-state index contributed by atoms with van der Waals surface area (Å²) in [4.78, 5) is 15.1. The Balaban J connectivity index is 1.85. The van der Waals surface area contributed by atoms with E-state index in [1.165, 1.54) is 24.3 Å². The summed E-state index contributed by atoms with van der Waals surface area (Å²) in [7, 11) is 0. The van der Waals surface area contributed by atoms with Crippen LogP contribution >= 0.6 is 0 Å². The van der Waals surface area contributed by atoms with Crippen molar-refractivity contribution in [1.29, 1.82) is 5.26 Å². The Labute approximate surface area is 176 Å². The molecule has 0 fully saturated rings. The Kier molecular flexibility index (Phi) is 5.18. The summed E-state index contributed by atoms with van der Waals surface area (Å²) in [6.45, 7) is 0. The Bertz CT molecular complexity index is 1330. The van der Waals surface area contributed by atoms with Gasteiger partial charge in [-0.1, -0.05) is 72.8 Å². The van der Waals surface area contributed by atoms with E-state index in [2.05, 4.69) is 4.98 Å². The monoisotopic (exact) mass is 416 g/mol. The van der Waals surface area contributed by atoms with Crippen LogP contribution in [0.1, 0.15) is 11.1 Å². The van der Waals surface area contributed by atoms with Gasteiger partial charge in [0, 0.05) is 11.3 Å². The number of H-pyrrole nitrogens is 1. The van der Waals surface area contributed by atoms with Crippen LogP contribution in [0.25, 0.3) is 33.5 Å². The molecule has 3 nitrogen and oxygen atoms in total. The van der Waals surface area contributed by atoms with Crippen LogP contribution in [0.2, 0.25) is 0 Å². The first-order chi connectivity index (χ1) is 14.9. The number of aromatic amines is 1. The first-order valence-corrected chi connectivity index (χ1v) is 9.38. The number of nitrogens with zero attached hydrogens (tertiary/aromatic N) is 1. The number of nitrogens with one attached hydrogen (secondary N) is 1. The van der Waals surface area contributed by atoms with Gasteiger partial charge in [-0.05, 0) is 34.4 Å². The minimum Gasteiger partial charge on any atom is -0.321 e. The van der Waals surface area contributed by atoms with E-state index in [1.807, 2.05) is 42.5 Å². The van der Waals surface area contributed by atoms with Crippen LogP contribution in [0.15, 0.2) is 89.7 Å². The molecule has 0 unspecified atom stereocenters. The van der Waals surface area contributed by atoms with Gasteiger partial charge in [0.05, 0.1) is 5.56 Å². The molecule has 1 heterocycles. The van der Waals surface area contributed by atoms with Gasteiger partial charge in [0.1, 0.15) is 11.6 Å². The summed E-state index contributed by atoms with van der Waals surface area (Å²) >= 11 is 0. The molecule has 0 saturated heterocycles. The molecule has 0 spiro atoms. The van der Waals surface area contributed by atoms with Crippen molar-refractivity contribution in [2.75, 3.05) is 0 Å². The highest BCUT2D eigenvalue weighted by Gasteiger charge is 2.34. The average molecular weight is 416 g/mol. The molecule has 4 rings (SSSR count). The van der Waals surface area contributed by atoms with Crippen molar-refractivity contribution < 1.29 is 13.2 Å². The molecule has 0 aliphatic rings. The Morgan fingerprint density at radius 1 is 0.742 bits per heavy atom. The van der Waals surface area contributed by atoms with Crippen LogP contribution < -0.4 is 5.56 Å². The number of rotatable bonds is 3. The largest absolute Gasteiger partial charge is 0.417 e. The van der Waals surface area contributed by atoms with E-state index in [1.54, 1.807) is 18.2 Å². The Morgan fingerprint density at radius 3 is 1.97 bits per heavy atom. The molecule has 0 saturated carbocycles. The number of benzene rings is 3. The third-order valence-corrected chi connectivity index (χ3v) is 4.97. The smallest absolute Gasteiger partial charge is 0.321 e. The van der Waals surface area contributed by atoms with E-state index >= 15 is 0 Å². The van der Waals surface area contributed by atoms with Crippen LogP contribution in [-0.4, -0.2) is 4.98 Å². The zero-order valence-electron chi connectivity index (χ0n) is 16.1. The number of halogens is 3. The van der Waals surface area contributed by atoms with Crippen molar-refractivity contribution in [3.05, 3.63) is 106 Å². The van der Waals surface area contributed by atoms with Gasteiger partial charge in [-0.25, -0.2) is 0 Å². The first kappa shape index (κ1) is 20.2. The predicted octanol–water partition coefficient (Wildman–Crippen LogP) is 6.27. The standard InChI is InChI=1S/C25H15F3N2O/c26-25(27,28)22-9-5-4-8-19(22)20-14-23(30-24(31)21(20)15-29)18-12-10-17(11-13-18)16-6-2-1-3-7-16/h1-14H,(H,30,31). The summed E-state index contributed by atoms with van der Waals surface area (Å²) in [6, 6.07) is 25.0. The van der Waals surface area contributed by atoms with E-state index in [9.17, 15) is 23.2 Å². The van der Waals surface area contributed by atoms with Crippen molar-refractivity contribution in [3.63, 3.8) is 0 Å². The fourth-order valence-electron chi connectivity index (χ4n) is 3.48. The van der Waals surface area contributed by atoms with Gasteiger partial charge in [-0.2, -0.15) is 18.4 Å². The van der Waals surface area contributed by atoms with E-state index in [0.717, 1.165) is 17.2 Å². The summed E-state index contributed by atoms with van der Waals surface area (Å²) in [5.41, 5.74) is 0.664. The third-order valence-electron chi connectivity index (χ3n) is 4.97. The lowest BCUT2D eigenvalue weighted by Gasteiger charge is -2.14. The molecule has 1 N–H and O–H groups in total. The van der Waals surface area contributed by atoms with Gasteiger partial charge in [-0.15, -0.1) is 0 Å². The summed E-state index contributed by atoms with van der Waals surface area (Å²) in [6.07, 6.45) is -4.62. The number of hydrogen-bond acceptors (Lipinski definition) is 2. The number of alkyl halides is 3. The topological polar surface area (TPSA) is 56.6 Å². The summed E-state index contributed by atoms with van der Waals surface area (Å²) in [5.74, 6) is 0. The lowest BCUT2D eigenvalue weighted by Crippen LogP contribution is -2.14. The number of pyridine rings is 1. The molecule has 0 aliphatic heterocycles. The SMILES string of the molecule is N#Cc1c(-c2ccccc2C(F)(F)F)cc(-c2ccc(-c3ccccc3)cc2)[nH]c1=O. The minimum absolute atomic E-state index is 0.0543. The molecule has 0 radical (unpaired) electrons. The zero-order valence-corrected chi connectivity index (χ0v) is 16.1. The van der Waals surface area contributed by atoms with E-state index < -0.39 is 17.3 Å². The quantitative estimate of drug-likeness (QED) is 0.428. The average Bonchev–Trinajstić information content (AvgIpc) is 2.78. The highest BCUT2D eigenvalue weighted by Crippen LogP contribution is 2.38. The van der Waals surface area contributed by atoms with Crippen molar-refractivity contribution >= 4 is 0 Å². The van der Waals surface area contributed by atoms with Gasteiger partial charge in [0.15, 0.2) is 0 Å². The molecule has 6 heteroatoms. The number of hydrogen-bond donors (Lipinski definition) is 1. The highest BCUT2D eigenvalue weighted by atomic mass is 19.4. The fourth-order valence-corrected chi connectivity index (χ4v) is 3.48. The van der Waals surface area contributed by atoms with Gasteiger partial charge >= 0.3 is 6.18 Å². The predicted molar refractivity (Wildman–Crippen MR) is 113 cm³/mol. The zero-order chi connectivity index (χ0) is 22.0. The molecule has 0 aliphatic carbocycles. The summed E-state index contributed by atoms with van der Waals surface area (Å²) < 4.78 is 40.6. The fraction of sp³-hybridized carbons (Fsp3) is 0.0400. The Hall–Kier alpha value is -4.11. The summed E-state index contributed by atoms with van der Waals surface area (Å²) in [5, 5.41) is 9.43. The molecule has 0 atom stereocenters. The van der Waals surface area contributed by atoms with Crippen molar-refractivity contribution in [2.45, 2.75) is 6.18 Å². The highest BCUT2D eigenvalue weighted by molar-refractivity contribution is 5.78. The van der Waals surface area contributed by atoms with Crippen molar-refractivity contribution in [2.24, 2.45) is 0 Å². The maximum Gasteiger partial charge on any atom is 0.417 e. The molecule has 152 valence electrons. The van der Waals surface area contributed by atoms with Crippen molar-refractivity contribution in [3.8, 4) is 39.6 Å². The second-order valence-corrected chi connectivity index (χ2v) is 6.90. The molecule has 31 heavy (non-hydrogen) atoms. The van der Waals surface area contributed by atoms with Gasteiger partial charge < -0.3 is 4.98 Å². The van der Waals surface area contributed by atoms with Gasteiger partial charge in [0.25, 0.3) is 5.56 Å². The normalized spacial score (nSPS) is 11.2. The van der Waals surface area contributed by atoms with E-state index in [0.29, 0.717) is 11.3 Å². The lowest BCUT2D eigenvalue weighted by atomic mass is 9.94. The van der Waals surface area contributed by atoms with Gasteiger partial charge in [0.2, 0.25) is 0 Å². The van der Waals surface area contributed by atoms with Crippen LogP contribution in [-0.2, 0) is 6.18 Å². The molecular weight excluding hydrogens is 401 g/mol. The maximum absolute atomic E-state index is 13.5. The second kappa shape index (κ2) is 7.96. The lowest BCUT2D eigenvalue weighted by molar-refractivity contribution is -0.137. The third kappa shape index (κ3) is 3.99. The molecule has 1 aromatic heterocycles. The van der Waals surface area contributed by atoms with E-state index in [-0.39, 0.29) is 16.7 Å². The van der Waals surface area contributed by atoms with Crippen molar-refractivity contribution in [1.82, 2.24) is 4.98 Å². The van der Waals surface area contributed by atoms with Crippen LogP contribution in [0.5, 0.6) is 0 Å². The van der Waals surface area contributed by atoms with Gasteiger partial charge in [-0.3, -0.25) is 4.79 Å². The van der Waals surface area contributed by atoms with Crippen LogP contribution in [0.3, 0.4) is 0 Å². The minimum atomic E-state index is -4.62. The van der Waals surface area contributed by atoms with E-state index in [4.69, 9.17) is 0 Å². The number of nitriles is 1. The second-order valence-electron chi connectivity index (χ2n) is 6.90. The molecular formula is C25H15F3N2O. The Morgan fingerprint density at radius 2 is 1.32 bits per heavy atom. The molecule has 4 aromatic rings. The molecule has 0 amide bonds. The molecule has 3 aromatic carbocycles. The number of aromatic nitrogens is 1. The molecule has 0 bridgehead atoms. The van der Waals surface area contributed by atoms with Crippen LogP contribution in [0.4, 0.5) is 13.2 Å². The maximum atomic E-state index is 13.5. The first-order valence-electron chi connectivity index (χ1n) is 9.38.